The zero-order valence-corrected chi connectivity index (χ0v) is 10.8. The quantitative estimate of drug-likeness (QED) is 0.795. The summed E-state index contributed by atoms with van der Waals surface area (Å²) in [5, 5.41) is 3.51. The summed E-state index contributed by atoms with van der Waals surface area (Å²) in [5.74, 6) is 0.561. The Morgan fingerprint density at radius 1 is 1.19 bits per heavy atom. The summed E-state index contributed by atoms with van der Waals surface area (Å²) in [4.78, 5) is 0. The molecule has 2 heteroatoms. The second kappa shape index (κ2) is 6.54. The maximum atomic E-state index is 5.22. The summed E-state index contributed by atoms with van der Waals surface area (Å²) in [7, 11) is 1.75. The number of nitrogens with one attached hydrogen (secondary N) is 1. The van der Waals surface area contributed by atoms with E-state index in [4.69, 9.17) is 4.74 Å². The molecule has 0 bridgehead atoms. The van der Waals surface area contributed by atoms with E-state index in [-0.39, 0.29) is 0 Å². The molecule has 16 heavy (non-hydrogen) atoms. The van der Waals surface area contributed by atoms with E-state index in [9.17, 15) is 0 Å². The minimum absolute atomic E-state index is 0.373. The van der Waals surface area contributed by atoms with Crippen LogP contribution in [-0.2, 0) is 11.2 Å². The van der Waals surface area contributed by atoms with Gasteiger partial charge in [-0.05, 0) is 30.0 Å². The first-order valence-electron chi connectivity index (χ1n) is 6.01. The van der Waals surface area contributed by atoms with E-state index in [1.165, 1.54) is 11.3 Å². The summed E-state index contributed by atoms with van der Waals surface area (Å²) in [5.41, 5.74) is 2.55. The molecule has 0 radical (unpaired) electrons. The molecule has 1 rings (SSSR count). The summed E-state index contributed by atoms with van der Waals surface area (Å²) in [6.45, 7) is 7.33. The van der Waals surface area contributed by atoms with Gasteiger partial charge < -0.3 is 10.1 Å². The van der Waals surface area contributed by atoms with Crippen LogP contribution in [0, 0.1) is 5.92 Å². The van der Waals surface area contributed by atoms with Crippen LogP contribution in [0.4, 0.5) is 5.69 Å². The largest absolute Gasteiger partial charge is 0.383 e. The maximum absolute atomic E-state index is 5.22. The Kier molecular flexibility index (Phi) is 5.33. The van der Waals surface area contributed by atoms with E-state index in [1.807, 2.05) is 0 Å². The fraction of sp³-hybridized carbons (Fsp3) is 0.571. The van der Waals surface area contributed by atoms with Crippen molar-refractivity contribution in [2.75, 3.05) is 19.0 Å². The zero-order valence-electron chi connectivity index (χ0n) is 10.8. The Labute approximate surface area is 99.0 Å². The number of methoxy groups -OCH3 is 1. The minimum atomic E-state index is 0.373. The second-order valence-corrected chi connectivity index (χ2v) is 4.50. The van der Waals surface area contributed by atoms with E-state index < -0.39 is 0 Å². The Hall–Kier alpha value is -1.02. The molecule has 0 saturated carbocycles. The van der Waals surface area contributed by atoms with Crippen LogP contribution in [0.3, 0.4) is 0 Å². The molecule has 0 aliphatic heterocycles. The molecule has 0 saturated heterocycles. The first-order chi connectivity index (χ1) is 7.67. The molecule has 0 heterocycles. The van der Waals surface area contributed by atoms with Gasteiger partial charge in [0.1, 0.15) is 0 Å². The number of hydrogen-bond donors (Lipinski definition) is 1. The fourth-order valence-corrected chi connectivity index (χ4v) is 1.63. The van der Waals surface area contributed by atoms with E-state index in [0.29, 0.717) is 12.0 Å². The van der Waals surface area contributed by atoms with Crippen LogP contribution in [0.5, 0.6) is 0 Å². The molecule has 0 spiro atoms. The van der Waals surface area contributed by atoms with Crippen LogP contribution in [0.25, 0.3) is 0 Å². The van der Waals surface area contributed by atoms with Crippen molar-refractivity contribution in [2.45, 2.75) is 33.2 Å². The van der Waals surface area contributed by atoms with E-state index in [2.05, 4.69) is 50.4 Å². The molecule has 1 atom stereocenters. The van der Waals surface area contributed by atoms with Gasteiger partial charge in [-0.15, -0.1) is 0 Å². The molecule has 0 fully saturated rings. The lowest BCUT2D eigenvalue weighted by atomic mass is 10.0. The van der Waals surface area contributed by atoms with Crippen molar-refractivity contribution in [1.29, 1.82) is 0 Å². The second-order valence-electron chi connectivity index (χ2n) is 4.50. The lowest BCUT2D eigenvalue weighted by Gasteiger charge is -2.22. The Morgan fingerprint density at radius 2 is 1.81 bits per heavy atom. The Morgan fingerprint density at radius 3 is 2.25 bits per heavy atom. The smallest absolute Gasteiger partial charge is 0.0666 e. The number of benzene rings is 1. The van der Waals surface area contributed by atoms with Crippen LogP contribution >= 0.6 is 0 Å². The average molecular weight is 221 g/mol. The molecular formula is C14H23NO. The zero-order chi connectivity index (χ0) is 12.0. The summed E-state index contributed by atoms with van der Waals surface area (Å²) >= 11 is 0. The summed E-state index contributed by atoms with van der Waals surface area (Å²) < 4.78 is 5.22. The molecule has 1 N–H and O–H groups in total. The van der Waals surface area contributed by atoms with Crippen LogP contribution < -0.4 is 5.32 Å². The van der Waals surface area contributed by atoms with Gasteiger partial charge in [-0.2, -0.15) is 0 Å². The van der Waals surface area contributed by atoms with Gasteiger partial charge in [0.2, 0.25) is 0 Å². The standard InChI is InChI=1S/C14H23NO/c1-5-12-6-8-13(9-7-12)15-14(10-16-4)11(2)3/h6-9,11,14-15H,5,10H2,1-4H3. The van der Waals surface area contributed by atoms with Gasteiger partial charge in [0, 0.05) is 12.8 Å². The molecule has 0 aliphatic rings. The summed E-state index contributed by atoms with van der Waals surface area (Å²) in [6.07, 6.45) is 1.09. The van der Waals surface area contributed by atoms with Crippen molar-refractivity contribution < 1.29 is 4.74 Å². The van der Waals surface area contributed by atoms with Gasteiger partial charge in [-0.3, -0.25) is 0 Å². The Bertz CT molecular complexity index is 292. The highest BCUT2D eigenvalue weighted by Crippen LogP contribution is 2.14. The number of hydrogen-bond acceptors (Lipinski definition) is 2. The molecule has 0 aromatic heterocycles. The van der Waals surface area contributed by atoms with Crippen LogP contribution in [0.15, 0.2) is 24.3 Å². The monoisotopic (exact) mass is 221 g/mol. The minimum Gasteiger partial charge on any atom is -0.383 e. The molecule has 90 valence electrons. The molecule has 1 unspecified atom stereocenters. The van der Waals surface area contributed by atoms with Crippen molar-refractivity contribution >= 4 is 5.69 Å². The molecule has 1 aromatic carbocycles. The number of aryl methyl sites for hydroxylation is 1. The van der Waals surface area contributed by atoms with Crippen molar-refractivity contribution in [2.24, 2.45) is 5.92 Å². The topological polar surface area (TPSA) is 21.3 Å². The van der Waals surface area contributed by atoms with Gasteiger partial charge >= 0.3 is 0 Å². The number of anilines is 1. The Balaban J connectivity index is 2.62. The van der Waals surface area contributed by atoms with Gasteiger partial charge in [0.15, 0.2) is 0 Å². The first-order valence-corrected chi connectivity index (χ1v) is 6.01. The fourth-order valence-electron chi connectivity index (χ4n) is 1.63. The van der Waals surface area contributed by atoms with Crippen LogP contribution in [-0.4, -0.2) is 19.8 Å². The van der Waals surface area contributed by atoms with Gasteiger partial charge in [-0.1, -0.05) is 32.9 Å². The third-order valence-electron chi connectivity index (χ3n) is 2.87. The predicted octanol–water partition coefficient (Wildman–Crippen LogP) is 3.33. The van der Waals surface area contributed by atoms with Gasteiger partial charge in [-0.25, -0.2) is 0 Å². The number of ether oxygens (including phenoxy) is 1. The summed E-state index contributed by atoms with van der Waals surface area (Å²) in [6, 6.07) is 9.00. The lowest BCUT2D eigenvalue weighted by Crippen LogP contribution is -2.30. The van der Waals surface area contributed by atoms with Crippen molar-refractivity contribution in [3.63, 3.8) is 0 Å². The van der Waals surface area contributed by atoms with Gasteiger partial charge in [0.05, 0.1) is 12.6 Å². The highest BCUT2D eigenvalue weighted by molar-refractivity contribution is 5.45. The van der Waals surface area contributed by atoms with E-state index in [1.54, 1.807) is 7.11 Å². The molecule has 2 nitrogen and oxygen atoms in total. The van der Waals surface area contributed by atoms with Crippen molar-refractivity contribution in [1.82, 2.24) is 0 Å². The normalized spacial score (nSPS) is 12.8. The molecule has 0 aliphatic carbocycles. The average Bonchev–Trinajstić information content (AvgIpc) is 2.29. The van der Waals surface area contributed by atoms with E-state index >= 15 is 0 Å². The van der Waals surface area contributed by atoms with Crippen LogP contribution in [0.1, 0.15) is 26.3 Å². The van der Waals surface area contributed by atoms with E-state index in [0.717, 1.165) is 13.0 Å². The van der Waals surface area contributed by atoms with Crippen molar-refractivity contribution in [3.05, 3.63) is 29.8 Å². The van der Waals surface area contributed by atoms with Crippen LogP contribution in [0.2, 0.25) is 0 Å². The first kappa shape index (κ1) is 13.0. The lowest BCUT2D eigenvalue weighted by molar-refractivity contribution is 0.171. The maximum Gasteiger partial charge on any atom is 0.0666 e. The third kappa shape index (κ3) is 3.86. The third-order valence-corrected chi connectivity index (χ3v) is 2.87. The molecular weight excluding hydrogens is 198 g/mol. The highest BCUT2D eigenvalue weighted by atomic mass is 16.5. The molecule has 0 amide bonds. The predicted molar refractivity (Wildman–Crippen MR) is 69.9 cm³/mol. The SMILES string of the molecule is CCc1ccc(NC(COC)C(C)C)cc1. The molecule has 1 aromatic rings. The number of rotatable bonds is 6. The van der Waals surface area contributed by atoms with Gasteiger partial charge in [0.25, 0.3) is 0 Å². The highest BCUT2D eigenvalue weighted by Gasteiger charge is 2.12. The van der Waals surface area contributed by atoms with Crippen molar-refractivity contribution in [3.8, 4) is 0 Å².